The maximum Gasteiger partial charge on any atom is 0.268 e. The van der Waals surface area contributed by atoms with Crippen LogP contribution in [0.25, 0.3) is 11.0 Å². The molecule has 1 N–H and O–H groups in total. The highest BCUT2D eigenvalue weighted by Crippen LogP contribution is 2.29. The topological polar surface area (TPSA) is 28.7 Å². The van der Waals surface area contributed by atoms with Crippen LogP contribution in [0.5, 0.6) is 0 Å². The Morgan fingerprint density at radius 1 is 1.36 bits per heavy atom. The second kappa shape index (κ2) is 3.27. The van der Waals surface area contributed by atoms with Crippen molar-refractivity contribution in [1.29, 1.82) is 0 Å². The van der Waals surface area contributed by atoms with Crippen LogP contribution >= 0.6 is 15.9 Å². The number of alkyl halides is 2. The van der Waals surface area contributed by atoms with E-state index in [2.05, 4.69) is 25.9 Å². The smallest absolute Gasteiger partial charge is 0.268 e. The number of imidazole rings is 1. The average Bonchev–Trinajstić information content (AvgIpc) is 2.43. The Labute approximate surface area is 85.3 Å². The minimum Gasteiger partial charge on any atom is -0.332 e. The molecule has 0 amide bonds. The van der Waals surface area contributed by atoms with Gasteiger partial charge in [-0.2, -0.15) is 0 Å². The fraction of sp³-hybridized carbons (Fsp3) is 0.125. The van der Waals surface area contributed by atoms with Gasteiger partial charge >= 0.3 is 0 Å². The van der Waals surface area contributed by atoms with Crippen LogP contribution in [0.15, 0.2) is 16.9 Å². The first kappa shape index (κ1) is 9.51. The molecule has 14 heavy (non-hydrogen) atoms. The van der Waals surface area contributed by atoms with Crippen molar-refractivity contribution < 1.29 is 13.2 Å². The molecule has 1 heterocycles. The second-order valence-electron chi connectivity index (χ2n) is 2.69. The SMILES string of the molecule is Fc1ccc2[nH]c(Br)nc2c1C(F)F. The van der Waals surface area contributed by atoms with E-state index in [1.807, 2.05) is 0 Å². The summed E-state index contributed by atoms with van der Waals surface area (Å²) in [5.41, 5.74) is -0.315. The fourth-order valence-electron chi connectivity index (χ4n) is 1.25. The van der Waals surface area contributed by atoms with Crippen LogP contribution in [0.3, 0.4) is 0 Å². The fourth-order valence-corrected chi connectivity index (χ4v) is 1.64. The van der Waals surface area contributed by atoms with E-state index in [1.54, 1.807) is 0 Å². The number of aromatic amines is 1. The van der Waals surface area contributed by atoms with Gasteiger partial charge in [0, 0.05) is 0 Å². The highest BCUT2D eigenvalue weighted by molar-refractivity contribution is 9.10. The zero-order valence-corrected chi connectivity index (χ0v) is 8.28. The molecule has 0 fully saturated rings. The quantitative estimate of drug-likeness (QED) is 0.841. The third kappa shape index (κ3) is 1.39. The Bertz CT molecular complexity index is 481. The lowest BCUT2D eigenvalue weighted by Gasteiger charge is -2.01. The molecule has 0 saturated heterocycles. The minimum absolute atomic E-state index is 0.0353. The summed E-state index contributed by atoms with van der Waals surface area (Å²) >= 11 is 3.00. The molecular weight excluding hydrogens is 261 g/mol. The molecule has 74 valence electrons. The summed E-state index contributed by atoms with van der Waals surface area (Å²) in [6.45, 7) is 0. The summed E-state index contributed by atoms with van der Waals surface area (Å²) in [6.07, 6.45) is -2.87. The summed E-state index contributed by atoms with van der Waals surface area (Å²) < 4.78 is 38.3. The number of hydrogen-bond acceptors (Lipinski definition) is 1. The van der Waals surface area contributed by atoms with Gasteiger partial charge in [0.1, 0.15) is 11.3 Å². The average molecular weight is 265 g/mol. The highest BCUT2D eigenvalue weighted by atomic mass is 79.9. The highest BCUT2D eigenvalue weighted by Gasteiger charge is 2.19. The number of nitrogens with one attached hydrogen (secondary N) is 1. The van der Waals surface area contributed by atoms with Crippen LogP contribution in [0, 0.1) is 5.82 Å². The number of halogens is 4. The van der Waals surface area contributed by atoms with E-state index < -0.39 is 17.8 Å². The van der Waals surface area contributed by atoms with Crippen molar-refractivity contribution in [3.8, 4) is 0 Å². The molecule has 6 heteroatoms. The maximum absolute atomic E-state index is 13.0. The molecule has 0 radical (unpaired) electrons. The monoisotopic (exact) mass is 264 g/mol. The third-order valence-corrected chi connectivity index (χ3v) is 2.21. The molecule has 0 bridgehead atoms. The normalized spacial score (nSPS) is 11.5. The molecule has 0 spiro atoms. The van der Waals surface area contributed by atoms with E-state index in [1.165, 1.54) is 6.07 Å². The van der Waals surface area contributed by atoms with Crippen LogP contribution in [0.4, 0.5) is 13.2 Å². The molecule has 0 saturated carbocycles. The lowest BCUT2D eigenvalue weighted by molar-refractivity contribution is 0.148. The number of benzene rings is 1. The third-order valence-electron chi connectivity index (χ3n) is 1.83. The van der Waals surface area contributed by atoms with E-state index in [-0.39, 0.29) is 5.52 Å². The summed E-state index contributed by atoms with van der Waals surface area (Å²) in [5, 5.41) is 0. The molecule has 0 atom stereocenters. The van der Waals surface area contributed by atoms with Crippen LogP contribution in [0.2, 0.25) is 0 Å². The van der Waals surface area contributed by atoms with E-state index in [0.29, 0.717) is 10.3 Å². The standard InChI is InChI=1S/C8H4BrF3N2/c9-8-13-4-2-1-3(10)5(7(11)12)6(4)14-8/h1-2,7H,(H,13,14). The number of H-pyrrole nitrogens is 1. The number of hydrogen-bond donors (Lipinski definition) is 1. The summed E-state index contributed by atoms with van der Waals surface area (Å²) in [4.78, 5) is 6.42. The van der Waals surface area contributed by atoms with Crippen LogP contribution < -0.4 is 0 Å². The van der Waals surface area contributed by atoms with Crippen LogP contribution in [-0.4, -0.2) is 9.97 Å². The van der Waals surface area contributed by atoms with Crippen molar-refractivity contribution in [2.24, 2.45) is 0 Å². The Kier molecular flexibility index (Phi) is 2.22. The van der Waals surface area contributed by atoms with Gasteiger partial charge in [-0.1, -0.05) is 0 Å². The molecule has 0 aliphatic heterocycles. The van der Waals surface area contributed by atoms with Crippen molar-refractivity contribution >= 4 is 27.0 Å². The van der Waals surface area contributed by atoms with Gasteiger partial charge in [0.15, 0.2) is 4.73 Å². The van der Waals surface area contributed by atoms with Crippen molar-refractivity contribution in [1.82, 2.24) is 9.97 Å². The van der Waals surface area contributed by atoms with Crippen molar-refractivity contribution in [3.05, 3.63) is 28.2 Å². The molecule has 1 aromatic carbocycles. The van der Waals surface area contributed by atoms with Gasteiger partial charge in [-0.25, -0.2) is 18.2 Å². The van der Waals surface area contributed by atoms with Gasteiger partial charge in [-0.15, -0.1) is 0 Å². The number of rotatable bonds is 1. The number of aromatic nitrogens is 2. The number of fused-ring (bicyclic) bond motifs is 1. The number of nitrogens with zero attached hydrogens (tertiary/aromatic N) is 1. The largest absolute Gasteiger partial charge is 0.332 e. The van der Waals surface area contributed by atoms with Gasteiger partial charge in [-0.3, -0.25) is 0 Å². The predicted molar refractivity (Wildman–Crippen MR) is 48.7 cm³/mol. The first-order valence-electron chi connectivity index (χ1n) is 3.71. The van der Waals surface area contributed by atoms with Gasteiger partial charge in [0.05, 0.1) is 11.1 Å². The zero-order valence-electron chi connectivity index (χ0n) is 6.69. The Morgan fingerprint density at radius 2 is 2.07 bits per heavy atom. The molecule has 2 aromatic rings. The first-order valence-corrected chi connectivity index (χ1v) is 4.50. The zero-order chi connectivity index (χ0) is 10.3. The van der Waals surface area contributed by atoms with Crippen LogP contribution in [0.1, 0.15) is 12.0 Å². The summed E-state index contributed by atoms with van der Waals surface area (Å²) in [7, 11) is 0. The maximum atomic E-state index is 13.0. The predicted octanol–water partition coefficient (Wildman–Crippen LogP) is 3.40. The van der Waals surface area contributed by atoms with Gasteiger partial charge in [-0.05, 0) is 28.1 Å². The summed E-state index contributed by atoms with van der Waals surface area (Å²) in [5.74, 6) is -0.938. The Balaban J connectivity index is 2.82. The Morgan fingerprint density at radius 3 is 2.71 bits per heavy atom. The summed E-state index contributed by atoms with van der Waals surface area (Å²) in [6, 6.07) is 2.36. The second-order valence-corrected chi connectivity index (χ2v) is 3.44. The van der Waals surface area contributed by atoms with Crippen LogP contribution in [-0.2, 0) is 0 Å². The van der Waals surface area contributed by atoms with E-state index in [4.69, 9.17) is 0 Å². The Hall–Kier alpha value is -1.04. The molecule has 2 nitrogen and oxygen atoms in total. The lowest BCUT2D eigenvalue weighted by atomic mass is 10.2. The molecule has 1 aromatic heterocycles. The molecule has 0 unspecified atom stereocenters. The van der Waals surface area contributed by atoms with Crippen molar-refractivity contribution in [3.63, 3.8) is 0 Å². The first-order chi connectivity index (χ1) is 6.59. The molecule has 0 aliphatic carbocycles. The van der Waals surface area contributed by atoms with Crippen molar-refractivity contribution in [2.75, 3.05) is 0 Å². The van der Waals surface area contributed by atoms with Crippen molar-refractivity contribution in [2.45, 2.75) is 6.43 Å². The van der Waals surface area contributed by atoms with E-state index in [0.717, 1.165) is 6.07 Å². The lowest BCUT2D eigenvalue weighted by Crippen LogP contribution is -1.92. The molecular formula is C8H4BrF3N2. The van der Waals surface area contributed by atoms with Gasteiger partial charge < -0.3 is 4.98 Å². The molecule has 2 rings (SSSR count). The van der Waals surface area contributed by atoms with Gasteiger partial charge in [0.2, 0.25) is 0 Å². The van der Waals surface area contributed by atoms with Gasteiger partial charge in [0.25, 0.3) is 6.43 Å². The van der Waals surface area contributed by atoms with E-state index in [9.17, 15) is 13.2 Å². The minimum atomic E-state index is -2.87. The van der Waals surface area contributed by atoms with E-state index >= 15 is 0 Å². The molecule has 0 aliphatic rings.